The molecule has 1 N–H and O–H groups in total. The molecule has 0 spiro atoms. The number of hydrogen-bond acceptors (Lipinski definition) is 3. The summed E-state index contributed by atoms with van der Waals surface area (Å²) in [5, 5.41) is 0. The molecule has 0 radical (unpaired) electrons. The molecule has 0 fully saturated rings. The molecule has 0 unspecified atom stereocenters. The fourth-order valence-corrected chi connectivity index (χ4v) is 1.59. The van der Waals surface area contributed by atoms with Crippen LogP contribution in [0, 0.1) is 0 Å². The van der Waals surface area contributed by atoms with Crippen LogP contribution < -0.4 is 9.47 Å². The number of halogens is 5. The Labute approximate surface area is 95.3 Å². The predicted molar refractivity (Wildman–Crippen MR) is 47.3 cm³/mol. The maximum absolute atomic E-state index is 12.7. The van der Waals surface area contributed by atoms with Crippen LogP contribution in [0.1, 0.15) is 5.82 Å². The number of nitrogens with one attached hydrogen (secondary N) is 1. The summed E-state index contributed by atoms with van der Waals surface area (Å²) < 4.78 is 70.7. The van der Waals surface area contributed by atoms with Crippen LogP contribution in [0.2, 0.25) is 0 Å². The predicted octanol–water partition coefficient (Wildman–Crippen LogP) is 2.90. The highest BCUT2D eigenvalue weighted by atomic mass is 19.4. The van der Waals surface area contributed by atoms with Crippen LogP contribution in [-0.2, 0) is 6.18 Å². The van der Waals surface area contributed by atoms with Crippen molar-refractivity contribution in [2.75, 3.05) is 0 Å². The molecule has 0 atom stereocenters. The number of aromatic nitrogens is 2. The largest absolute Gasteiger partial charge is 0.586 e. The third kappa shape index (κ3) is 1.62. The van der Waals surface area contributed by atoms with Gasteiger partial charge >= 0.3 is 12.5 Å². The highest BCUT2D eigenvalue weighted by Crippen LogP contribution is 2.43. The van der Waals surface area contributed by atoms with Gasteiger partial charge in [0.25, 0.3) is 0 Å². The molecule has 1 aliphatic heterocycles. The molecular weight excluding hydrogens is 263 g/mol. The monoisotopic (exact) mass is 266 g/mol. The standard InChI is InChI=1S/C9H3F5N2O2/c10-8(11,12)7-15-3-1-5-6(2-4(3)16-7)18-9(13,14)17-5/h1-2H,(H,15,16). The molecule has 0 bridgehead atoms. The number of rotatable bonds is 0. The van der Waals surface area contributed by atoms with Crippen LogP contribution in [0.5, 0.6) is 11.5 Å². The maximum atomic E-state index is 12.7. The molecular formula is C9H3F5N2O2. The van der Waals surface area contributed by atoms with Crippen LogP contribution in [0.4, 0.5) is 22.0 Å². The lowest BCUT2D eigenvalue weighted by atomic mass is 10.3. The van der Waals surface area contributed by atoms with Gasteiger partial charge in [0.15, 0.2) is 11.5 Å². The quantitative estimate of drug-likeness (QED) is 0.746. The number of H-pyrrole nitrogens is 1. The van der Waals surface area contributed by atoms with Crippen molar-refractivity contribution in [2.24, 2.45) is 0 Å². The van der Waals surface area contributed by atoms with Crippen molar-refractivity contribution in [1.29, 1.82) is 0 Å². The number of imidazole rings is 1. The number of aromatic amines is 1. The van der Waals surface area contributed by atoms with Gasteiger partial charge in [0.2, 0.25) is 5.82 Å². The maximum Gasteiger partial charge on any atom is 0.586 e. The van der Waals surface area contributed by atoms with Crippen molar-refractivity contribution in [1.82, 2.24) is 9.97 Å². The van der Waals surface area contributed by atoms with E-state index in [0.29, 0.717) is 0 Å². The molecule has 96 valence electrons. The van der Waals surface area contributed by atoms with E-state index in [1.54, 1.807) is 0 Å². The number of nitrogens with zero attached hydrogens (tertiary/aromatic N) is 1. The van der Waals surface area contributed by atoms with Crippen molar-refractivity contribution in [3.05, 3.63) is 18.0 Å². The number of hydrogen-bond donors (Lipinski definition) is 1. The first-order valence-corrected chi connectivity index (χ1v) is 4.61. The molecule has 0 saturated heterocycles. The van der Waals surface area contributed by atoms with E-state index in [2.05, 4.69) is 14.5 Å². The molecule has 1 aromatic heterocycles. The van der Waals surface area contributed by atoms with E-state index in [4.69, 9.17) is 0 Å². The third-order valence-electron chi connectivity index (χ3n) is 2.27. The number of alkyl halides is 5. The lowest BCUT2D eigenvalue weighted by Crippen LogP contribution is -2.25. The Kier molecular flexibility index (Phi) is 1.86. The van der Waals surface area contributed by atoms with Gasteiger partial charge in [-0.25, -0.2) is 4.98 Å². The molecule has 1 aliphatic rings. The van der Waals surface area contributed by atoms with E-state index >= 15 is 0 Å². The lowest BCUT2D eigenvalue weighted by molar-refractivity contribution is -0.286. The summed E-state index contributed by atoms with van der Waals surface area (Å²) >= 11 is 0. The van der Waals surface area contributed by atoms with Gasteiger partial charge in [-0.2, -0.15) is 13.2 Å². The zero-order chi connectivity index (χ0) is 13.1. The molecule has 18 heavy (non-hydrogen) atoms. The van der Waals surface area contributed by atoms with Crippen molar-refractivity contribution in [3.8, 4) is 11.5 Å². The SMILES string of the molecule is FC1(F)Oc2cc3nc(C(F)(F)F)[nH]c3cc2O1. The zero-order valence-corrected chi connectivity index (χ0v) is 8.31. The first-order chi connectivity index (χ1) is 8.24. The third-order valence-corrected chi connectivity index (χ3v) is 2.27. The normalized spacial score (nSPS) is 17.4. The van der Waals surface area contributed by atoms with Crippen LogP contribution in [0.15, 0.2) is 12.1 Å². The van der Waals surface area contributed by atoms with Gasteiger partial charge in [-0.05, 0) is 0 Å². The van der Waals surface area contributed by atoms with Gasteiger partial charge < -0.3 is 14.5 Å². The van der Waals surface area contributed by atoms with Gasteiger partial charge in [-0.3, -0.25) is 0 Å². The molecule has 1 aromatic carbocycles. The molecule has 0 saturated carbocycles. The average Bonchev–Trinajstić information content (AvgIpc) is 2.70. The lowest BCUT2D eigenvalue weighted by Gasteiger charge is -2.04. The average molecular weight is 266 g/mol. The first kappa shape index (κ1) is 11.1. The van der Waals surface area contributed by atoms with Gasteiger partial charge in [0.1, 0.15) is 0 Å². The topological polar surface area (TPSA) is 47.1 Å². The molecule has 2 aromatic rings. The highest BCUT2D eigenvalue weighted by molar-refractivity contribution is 5.80. The summed E-state index contributed by atoms with van der Waals surface area (Å²) in [5.74, 6) is -1.91. The van der Waals surface area contributed by atoms with Crippen molar-refractivity contribution >= 4 is 11.0 Å². The summed E-state index contributed by atoms with van der Waals surface area (Å²) in [7, 11) is 0. The summed E-state index contributed by atoms with van der Waals surface area (Å²) in [4.78, 5) is 5.22. The summed E-state index contributed by atoms with van der Waals surface area (Å²) in [6, 6.07) is 1.94. The van der Waals surface area contributed by atoms with E-state index < -0.39 is 18.3 Å². The summed E-state index contributed by atoms with van der Waals surface area (Å²) in [6.45, 7) is 0. The minimum Gasteiger partial charge on any atom is -0.395 e. The second kappa shape index (κ2) is 3.03. The summed E-state index contributed by atoms with van der Waals surface area (Å²) in [6.07, 6.45) is -8.46. The second-order valence-corrected chi connectivity index (χ2v) is 3.57. The number of ether oxygens (including phenoxy) is 2. The van der Waals surface area contributed by atoms with E-state index in [-0.39, 0.29) is 22.5 Å². The minimum atomic E-state index is -4.64. The van der Waals surface area contributed by atoms with E-state index in [1.165, 1.54) is 0 Å². The van der Waals surface area contributed by atoms with Gasteiger partial charge in [-0.15, -0.1) is 8.78 Å². The fourth-order valence-electron chi connectivity index (χ4n) is 1.59. The fraction of sp³-hybridized carbons (Fsp3) is 0.222. The Morgan fingerprint density at radius 3 is 2.33 bits per heavy atom. The Bertz CT molecular complexity index is 589. The van der Waals surface area contributed by atoms with Crippen LogP contribution >= 0.6 is 0 Å². The van der Waals surface area contributed by atoms with Crippen LogP contribution in [-0.4, -0.2) is 16.3 Å². The molecule has 3 rings (SSSR count). The zero-order valence-electron chi connectivity index (χ0n) is 8.31. The van der Waals surface area contributed by atoms with E-state index in [9.17, 15) is 22.0 Å². The van der Waals surface area contributed by atoms with Gasteiger partial charge in [-0.1, -0.05) is 0 Å². The molecule has 9 heteroatoms. The van der Waals surface area contributed by atoms with E-state index in [0.717, 1.165) is 12.1 Å². The molecule has 4 nitrogen and oxygen atoms in total. The van der Waals surface area contributed by atoms with Crippen LogP contribution in [0.3, 0.4) is 0 Å². The van der Waals surface area contributed by atoms with E-state index in [1.807, 2.05) is 4.98 Å². The van der Waals surface area contributed by atoms with Crippen molar-refractivity contribution < 1.29 is 31.4 Å². The van der Waals surface area contributed by atoms with Gasteiger partial charge in [0, 0.05) is 12.1 Å². The Morgan fingerprint density at radius 2 is 1.72 bits per heavy atom. The summed E-state index contributed by atoms with van der Waals surface area (Å²) in [5.41, 5.74) is -0.204. The molecule has 2 heterocycles. The highest BCUT2D eigenvalue weighted by Gasteiger charge is 2.44. The van der Waals surface area contributed by atoms with Crippen molar-refractivity contribution in [2.45, 2.75) is 12.5 Å². The molecule has 0 aliphatic carbocycles. The van der Waals surface area contributed by atoms with Gasteiger partial charge in [0.05, 0.1) is 11.0 Å². The Morgan fingerprint density at radius 1 is 1.11 bits per heavy atom. The van der Waals surface area contributed by atoms with Crippen LogP contribution in [0.25, 0.3) is 11.0 Å². The number of benzene rings is 1. The smallest absolute Gasteiger partial charge is 0.395 e. The second-order valence-electron chi connectivity index (χ2n) is 3.57. The Hall–Kier alpha value is -2.06. The minimum absolute atomic E-state index is 0.0672. The number of fused-ring (bicyclic) bond motifs is 2. The Balaban J connectivity index is 2.12. The molecule has 0 amide bonds. The first-order valence-electron chi connectivity index (χ1n) is 4.61. The van der Waals surface area contributed by atoms with Crippen molar-refractivity contribution in [3.63, 3.8) is 0 Å².